The van der Waals surface area contributed by atoms with Crippen molar-refractivity contribution in [2.24, 2.45) is 0 Å². The van der Waals surface area contributed by atoms with E-state index in [4.69, 9.17) is 16.3 Å². The molecule has 1 amide bonds. The minimum Gasteiger partial charge on any atom is -0.444 e. The first-order chi connectivity index (χ1) is 14.6. The van der Waals surface area contributed by atoms with Crippen molar-refractivity contribution in [1.29, 1.82) is 0 Å². The number of hydrogen-bond acceptors (Lipinski definition) is 6. The number of aryl methyl sites for hydroxylation is 2. The topological polar surface area (TPSA) is 64.1 Å². The summed E-state index contributed by atoms with van der Waals surface area (Å²) in [7, 11) is 0. The molecule has 5 nitrogen and oxygen atoms in total. The Hall–Kier alpha value is -2.74. The standard InChI is InChI=1S/C22H16ClN3O2S2/c1-12-17(3-2-10-24-12)28-22-18-16(9-4-13-11-25-30-19(13)18)20(29-22)21(27)26-15-7-5-14(23)6-8-15/h2-3,5-8,10-11H,4,9H2,1H3,(H,26,27). The van der Waals surface area contributed by atoms with Crippen molar-refractivity contribution in [1.82, 2.24) is 9.36 Å². The first-order valence-electron chi connectivity index (χ1n) is 9.36. The molecule has 0 unspecified atom stereocenters. The summed E-state index contributed by atoms with van der Waals surface area (Å²) in [5, 5.41) is 4.30. The fourth-order valence-electron chi connectivity index (χ4n) is 3.47. The Morgan fingerprint density at radius 1 is 1.20 bits per heavy atom. The summed E-state index contributed by atoms with van der Waals surface area (Å²) in [6, 6.07) is 10.8. The lowest BCUT2D eigenvalue weighted by Crippen LogP contribution is -2.13. The largest absolute Gasteiger partial charge is 0.444 e. The third-order valence-corrected chi connectivity index (χ3v) is 7.18. The van der Waals surface area contributed by atoms with Gasteiger partial charge in [0.1, 0.15) is 5.75 Å². The van der Waals surface area contributed by atoms with E-state index < -0.39 is 0 Å². The van der Waals surface area contributed by atoms with Gasteiger partial charge in [0.05, 0.1) is 21.0 Å². The average Bonchev–Trinajstić information content (AvgIpc) is 3.36. The van der Waals surface area contributed by atoms with E-state index >= 15 is 0 Å². The number of amides is 1. The third kappa shape index (κ3) is 3.49. The molecule has 0 bridgehead atoms. The second-order valence-electron chi connectivity index (χ2n) is 6.90. The third-order valence-electron chi connectivity index (χ3n) is 4.96. The lowest BCUT2D eigenvalue weighted by Gasteiger charge is -2.14. The normalized spacial score (nSPS) is 12.2. The number of rotatable bonds is 4. The van der Waals surface area contributed by atoms with Gasteiger partial charge in [-0.05, 0) is 78.8 Å². The number of pyridine rings is 1. The van der Waals surface area contributed by atoms with Crippen LogP contribution < -0.4 is 10.1 Å². The van der Waals surface area contributed by atoms with Gasteiger partial charge in [0.15, 0.2) is 5.06 Å². The van der Waals surface area contributed by atoms with Gasteiger partial charge in [-0.15, -0.1) is 0 Å². The predicted molar refractivity (Wildman–Crippen MR) is 121 cm³/mol. The Balaban J connectivity index is 1.56. The van der Waals surface area contributed by atoms with E-state index in [9.17, 15) is 4.79 Å². The summed E-state index contributed by atoms with van der Waals surface area (Å²) in [5.41, 5.74) is 4.69. The maximum atomic E-state index is 13.1. The molecular weight excluding hydrogens is 438 g/mol. The lowest BCUT2D eigenvalue weighted by atomic mass is 9.93. The minimum atomic E-state index is -0.149. The molecule has 0 atom stereocenters. The zero-order chi connectivity index (χ0) is 20.7. The van der Waals surface area contributed by atoms with E-state index in [1.807, 2.05) is 25.3 Å². The van der Waals surface area contributed by atoms with Gasteiger partial charge in [0, 0.05) is 23.1 Å². The highest BCUT2D eigenvalue weighted by atomic mass is 35.5. The molecule has 1 aromatic carbocycles. The molecule has 0 aliphatic heterocycles. The highest BCUT2D eigenvalue weighted by Gasteiger charge is 2.31. The number of carbonyl (C=O) groups is 1. The second kappa shape index (κ2) is 7.83. The molecule has 1 N–H and O–H groups in total. The number of fused-ring (bicyclic) bond motifs is 3. The highest BCUT2D eigenvalue weighted by Crippen LogP contribution is 2.50. The van der Waals surface area contributed by atoms with Crippen LogP contribution in [-0.2, 0) is 12.8 Å². The van der Waals surface area contributed by atoms with Crippen molar-refractivity contribution >= 4 is 46.1 Å². The Kier molecular flexibility index (Phi) is 5.02. The van der Waals surface area contributed by atoms with Gasteiger partial charge in [-0.1, -0.05) is 22.9 Å². The minimum absolute atomic E-state index is 0.149. The summed E-state index contributed by atoms with van der Waals surface area (Å²) in [5.74, 6) is 0.534. The molecule has 5 rings (SSSR count). The van der Waals surface area contributed by atoms with Crippen LogP contribution in [0.5, 0.6) is 10.8 Å². The molecule has 8 heteroatoms. The van der Waals surface area contributed by atoms with Gasteiger partial charge in [-0.25, -0.2) is 4.37 Å². The quantitative estimate of drug-likeness (QED) is 0.389. The zero-order valence-corrected chi connectivity index (χ0v) is 18.3. The number of carbonyl (C=O) groups excluding carboxylic acids is 1. The molecule has 1 aliphatic rings. The van der Waals surface area contributed by atoms with Crippen molar-refractivity contribution in [2.45, 2.75) is 19.8 Å². The van der Waals surface area contributed by atoms with Crippen LogP contribution in [0.25, 0.3) is 10.4 Å². The van der Waals surface area contributed by atoms with Crippen LogP contribution in [0.1, 0.15) is 26.5 Å². The zero-order valence-electron chi connectivity index (χ0n) is 15.9. The van der Waals surface area contributed by atoms with E-state index in [0.29, 0.717) is 26.4 Å². The number of hydrogen-bond donors (Lipinski definition) is 1. The Morgan fingerprint density at radius 3 is 2.83 bits per heavy atom. The van der Waals surface area contributed by atoms with E-state index in [1.165, 1.54) is 28.4 Å². The molecular formula is C22H16ClN3O2S2. The first-order valence-corrected chi connectivity index (χ1v) is 11.3. The van der Waals surface area contributed by atoms with Gasteiger partial charge in [-0.2, -0.15) is 0 Å². The van der Waals surface area contributed by atoms with Crippen LogP contribution in [-0.4, -0.2) is 15.3 Å². The Morgan fingerprint density at radius 2 is 2.03 bits per heavy atom. The highest BCUT2D eigenvalue weighted by molar-refractivity contribution is 7.17. The summed E-state index contributed by atoms with van der Waals surface area (Å²) >= 11 is 8.76. The maximum Gasteiger partial charge on any atom is 0.266 e. The van der Waals surface area contributed by atoms with Crippen molar-refractivity contribution in [3.63, 3.8) is 0 Å². The number of nitrogens with zero attached hydrogens (tertiary/aromatic N) is 2. The monoisotopic (exact) mass is 453 g/mol. The van der Waals surface area contributed by atoms with Gasteiger partial charge in [-0.3, -0.25) is 9.78 Å². The van der Waals surface area contributed by atoms with Crippen molar-refractivity contribution in [2.75, 3.05) is 5.32 Å². The number of ether oxygens (including phenoxy) is 1. The fourth-order valence-corrected chi connectivity index (χ4v) is 5.64. The number of halogens is 1. The number of anilines is 1. The van der Waals surface area contributed by atoms with Crippen LogP contribution in [0.15, 0.2) is 48.8 Å². The molecule has 4 aromatic rings. The lowest BCUT2D eigenvalue weighted by molar-refractivity contribution is 0.102. The number of aromatic nitrogens is 2. The van der Waals surface area contributed by atoms with Crippen LogP contribution in [0.2, 0.25) is 5.02 Å². The van der Waals surface area contributed by atoms with Crippen LogP contribution in [0.3, 0.4) is 0 Å². The molecule has 0 spiro atoms. The number of nitrogens with one attached hydrogen (secondary N) is 1. The smallest absolute Gasteiger partial charge is 0.266 e. The summed E-state index contributed by atoms with van der Waals surface area (Å²) in [6.07, 6.45) is 5.28. The predicted octanol–water partition coefficient (Wildman–Crippen LogP) is 6.37. The Labute approximate surface area is 186 Å². The van der Waals surface area contributed by atoms with Crippen molar-refractivity contribution in [3.8, 4) is 21.3 Å². The fraction of sp³-hybridized carbons (Fsp3) is 0.136. The molecule has 3 heterocycles. The molecule has 0 saturated carbocycles. The van der Waals surface area contributed by atoms with Gasteiger partial charge < -0.3 is 10.1 Å². The van der Waals surface area contributed by atoms with Gasteiger partial charge >= 0.3 is 0 Å². The molecule has 30 heavy (non-hydrogen) atoms. The Bertz CT molecular complexity index is 1250. The van der Waals surface area contributed by atoms with Gasteiger partial charge in [0.25, 0.3) is 5.91 Å². The van der Waals surface area contributed by atoms with E-state index in [0.717, 1.165) is 34.5 Å². The van der Waals surface area contributed by atoms with E-state index in [2.05, 4.69) is 14.7 Å². The SMILES string of the molecule is Cc1ncccc1Oc1sc(C(=O)Nc2ccc(Cl)cc2)c2c1-c1sncc1CC2. The van der Waals surface area contributed by atoms with Gasteiger partial charge in [0.2, 0.25) is 0 Å². The summed E-state index contributed by atoms with van der Waals surface area (Å²) < 4.78 is 10.6. The molecule has 3 aromatic heterocycles. The number of thiophene rings is 1. The molecule has 0 radical (unpaired) electrons. The number of benzene rings is 1. The first kappa shape index (κ1) is 19.2. The van der Waals surface area contributed by atoms with Crippen LogP contribution in [0, 0.1) is 6.92 Å². The van der Waals surface area contributed by atoms with Crippen molar-refractivity contribution in [3.05, 3.63) is 75.5 Å². The van der Waals surface area contributed by atoms with Crippen molar-refractivity contribution < 1.29 is 9.53 Å². The molecule has 0 fully saturated rings. The molecule has 150 valence electrons. The molecule has 1 aliphatic carbocycles. The average molecular weight is 454 g/mol. The second-order valence-corrected chi connectivity index (χ2v) is 9.12. The summed E-state index contributed by atoms with van der Waals surface area (Å²) in [6.45, 7) is 1.90. The van der Waals surface area contributed by atoms with Crippen LogP contribution in [0.4, 0.5) is 5.69 Å². The summed E-state index contributed by atoms with van der Waals surface area (Å²) in [4.78, 5) is 19.2. The maximum absolute atomic E-state index is 13.1. The van der Waals surface area contributed by atoms with Crippen LogP contribution >= 0.6 is 34.5 Å². The molecule has 0 saturated heterocycles. The van der Waals surface area contributed by atoms with E-state index in [-0.39, 0.29) is 5.91 Å². The van der Waals surface area contributed by atoms with E-state index in [1.54, 1.807) is 30.5 Å².